The molecule has 30 heavy (non-hydrogen) atoms. The van der Waals surface area contributed by atoms with E-state index in [0.717, 1.165) is 4.31 Å². The standard InChI is InChI=1S/C18H23ClN4O6S/c19-15-3-1-13(2-4-15)17(25)14-5-7-22(8-6-14)30(28,29)23-10-9-21(12-24)11-16(23)18(26)20-27/h1-4,12,14,16,27H,5-11H2,(H,20,26)/t16-/m1/s1. The van der Waals surface area contributed by atoms with Crippen LogP contribution in [-0.4, -0.2) is 84.0 Å². The number of halogens is 1. The van der Waals surface area contributed by atoms with Crippen LogP contribution >= 0.6 is 11.6 Å². The van der Waals surface area contributed by atoms with Gasteiger partial charge >= 0.3 is 0 Å². The van der Waals surface area contributed by atoms with E-state index in [0.29, 0.717) is 29.8 Å². The van der Waals surface area contributed by atoms with E-state index < -0.39 is 22.2 Å². The van der Waals surface area contributed by atoms with Crippen LogP contribution in [0, 0.1) is 5.92 Å². The van der Waals surface area contributed by atoms with Gasteiger partial charge in [0.05, 0.1) is 0 Å². The number of amides is 2. The van der Waals surface area contributed by atoms with Crippen LogP contribution in [0.4, 0.5) is 0 Å². The van der Waals surface area contributed by atoms with E-state index in [1.165, 1.54) is 14.7 Å². The van der Waals surface area contributed by atoms with E-state index in [9.17, 15) is 22.8 Å². The Morgan fingerprint density at radius 3 is 2.30 bits per heavy atom. The zero-order valence-corrected chi connectivity index (χ0v) is 17.7. The van der Waals surface area contributed by atoms with Crippen molar-refractivity contribution in [3.05, 3.63) is 34.9 Å². The topological polar surface area (TPSA) is 127 Å². The van der Waals surface area contributed by atoms with Crippen molar-refractivity contribution in [3.63, 3.8) is 0 Å². The number of piperidine rings is 1. The second-order valence-corrected chi connectivity index (χ2v) is 9.57. The van der Waals surface area contributed by atoms with Crippen molar-refractivity contribution in [1.82, 2.24) is 19.0 Å². The number of ketones is 1. The van der Waals surface area contributed by atoms with Crippen LogP contribution in [0.3, 0.4) is 0 Å². The van der Waals surface area contributed by atoms with Crippen molar-refractivity contribution in [2.45, 2.75) is 18.9 Å². The molecule has 164 valence electrons. The van der Waals surface area contributed by atoms with Gasteiger partial charge in [0.25, 0.3) is 16.1 Å². The molecule has 0 aromatic heterocycles. The average molecular weight is 459 g/mol. The smallest absolute Gasteiger partial charge is 0.282 e. The van der Waals surface area contributed by atoms with E-state index in [1.54, 1.807) is 24.3 Å². The van der Waals surface area contributed by atoms with Gasteiger partial charge in [0.1, 0.15) is 6.04 Å². The minimum absolute atomic E-state index is 0.0548. The van der Waals surface area contributed by atoms with Gasteiger partial charge in [0.15, 0.2) is 5.78 Å². The number of carbonyl (C=O) groups is 3. The molecule has 0 unspecified atom stereocenters. The number of carbonyl (C=O) groups excluding carboxylic acids is 3. The summed E-state index contributed by atoms with van der Waals surface area (Å²) in [5.41, 5.74) is 2.00. The summed E-state index contributed by atoms with van der Waals surface area (Å²) >= 11 is 5.85. The number of benzene rings is 1. The van der Waals surface area contributed by atoms with Crippen LogP contribution in [0.25, 0.3) is 0 Å². The maximum absolute atomic E-state index is 13.1. The lowest BCUT2D eigenvalue weighted by Crippen LogP contribution is -2.62. The Labute approximate surface area is 179 Å². The van der Waals surface area contributed by atoms with Crippen molar-refractivity contribution in [3.8, 4) is 0 Å². The second-order valence-electron chi connectivity index (χ2n) is 7.26. The van der Waals surface area contributed by atoms with Crippen LogP contribution in [0.5, 0.6) is 0 Å². The van der Waals surface area contributed by atoms with E-state index in [4.69, 9.17) is 16.8 Å². The molecule has 1 aromatic rings. The van der Waals surface area contributed by atoms with Crippen LogP contribution in [-0.2, 0) is 19.8 Å². The largest absolute Gasteiger partial charge is 0.342 e. The lowest BCUT2D eigenvalue weighted by molar-refractivity contribution is -0.136. The quantitative estimate of drug-likeness (QED) is 0.270. The second kappa shape index (κ2) is 9.40. The Morgan fingerprint density at radius 1 is 1.10 bits per heavy atom. The average Bonchev–Trinajstić information content (AvgIpc) is 2.78. The summed E-state index contributed by atoms with van der Waals surface area (Å²) in [5.74, 6) is -1.26. The first-order valence-electron chi connectivity index (χ1n) is 9.48. The van der Waals surface area contributed by atoms with Crippen LogP contribution in [0.1, 0.15) is 23.2 Å². The molecule has 2 amide bonds. The molecule has 3 rings (SSSR count). The molecule has 0 aliphatic carbocycles. The fourth-order valence-corrected chi connectivity index (χ4v) is 5.69. The summed E-state index contributed by atoms with van der Waals surface area (Å²) < 4.78 is 28.5. The van der Waals surface area contributed by atoms with Crippen LogP contribution < -0.4 is 5.48 Å². The molecular formula is C18H23ClN4O6S. The van der Waals surface area contributed by atoms with Crippen molar-refractivity contribution in [2.24, 2.45) is 5.92 Å². The van der Waals surface area contributed by atoms with Crippen molar-refractivity contribution in [2.75, 3.05) is 32.7 Å². The molecule has 1 aromatic carbocycles. The number of Topliss-reactive ketones (excluding diaryl/α,β-unsaturated/α-hetero) is 1. The molecule has 0 spiro atoms. The van der Waals surface area contributed by atoms with Gasteiger partial charge < -0.3 is 4.90 Å². The number of hydroxylamine groups is 1. The molecule has 0 saturated carbocycles. The van der Waals surface area contributed by atoms with Gasteiger partial charge in [-0.25, -0.2) is 5.48 Å². The van der Waals surface area contributed by atoms with Gasteiger partial charge in [-0.1, -0.05) is 11.6 Å². The van der Waals surface area contributed by atoms with Crippen molar-refractivity contribution in [1.29, 1.82) is 0 Å². The molecule has 2 aliphatic heterocycles. The highest BCUT2D eigenvalue weighted by Gasteiger charge is 2.43. The molecular weight excluding hydrogens is 436 g/mol. The molecule has 2 N–H and O–H groups in total. The van der Waals surface area contributed by atoms with Crippen molar-refractivity contribution < 1.29 is 28.0 Å². The lowest BCUT2D eigenvalue weighted by Gasteiger charge is -2.41. The predicted octanol–water partition coefficient (Wildman–Crippen LogP) is 0.128. The number of nitrogens with zero attached hydrogens (tertiary/aromatic N) is 3. The molecule has 2 aliphatic rings. The minimum Gasteiger partial charge on any atom is -0.342 e. The first-order chi connectivity index (χ1) is 14.3. The van der Waals surface area contributed by atoms with E-state index in [2.05, 4.69) is 0 Å². The fraction of sp³-hybridized carbons (Fsp3) is 0.500. The zero-order chi connectivity index (χ0) is 21.9. The van der Waals surface area contributed by atoms with Gasteiger partial charge in [0.2, 0.25) is 6.41 Å². The third-order valence-electron chi connectivity index (χ3n) is 5.50. The summed E-state index contributed by atoms with van der Waals surface area (Å²) in [6.07, 6.45) is 1.24. The highest BCUT2D eigenvalue weighted by molar-refractivity contribution is 7.86. The highest BCUT2D eigenvalue weighted by Crippen LogP contribution is 2.26. The Morgan fingerprint density at radius 2 is 1.73 bits per heavy atom. The molecule has 2 saturated heterocycles. The summed E-state index contributed by atoms with van der Waals surface area (Å²) in [6, 6.07) is 5.35. The normalized spacial score (nSPS) is 21.9. The molecule has 2 fully saturated rings. The Balaban J connectivity index is 1.68. The first-order valence-corrected chi connectivity index (χ1v) is 11.3. The molecule has 2 heterocycles. The Bertz CT molecular complexity index is 902. The van der Waals surface area contributed by atoms with Gasteiger partial charge in [-0.05, 0) is 37.1 Å². The van der Waals surface area contributed by atoms with Gasteiger partial charge in [-0.3, -0.25) is 19.6 Å². The lowest BCUT2D eigenvalue weighted by atomic mass is 9.90. The summed E-state index contributed by atoms with van der Waals surface area (Å²) in [5, 5.41) is 9.50. The monoisotopic (exact) mass is 458 g/mol. The molecule has 0 bridgehead atoms. The Kier molecular flexibility index (Phi) is 7.09. The van der Waals surface area contributed by atoms with Crippen molar-refractivity contribution >= 4 is 39.9 Å². The molecule has 12 heteroatoms. The number of hydrogen-bond donors (Lipinski definition) is 2. The van der Waals surface area contributed by atoms with E-state index in [-0.39, 0.29) is 44.4 Å². The minimum atomic E-state index is -4.02. The molecule has 0 radical (unpaired) electrons. The maximum atomic E-state index is 13.1. The first kappa shape index (κ1) is 22.6. The van der Waals surface area contributed by atoms with E-state index in [1.807, 2.05) is 0 Å². The van der Waals surface area contributed by atoms with Crippen LogP contribution in [0.2, 0.25) is 5.02 Å². The molecule has 10 nitrogen and oxygen atoms in total. The van der Waals surface area contributed by atoms with Gasteiger partial charge in [-0.2, -0.15) is 17.0 Å². The SMILES string of the molecule is O=CN1CCN(S(=O)(=O)N2CCC(C(=O)c3ccc(Cl)cc3)CC2)[C@@H](C(=O)NO)C1. The van der Waals surface area contributed by atoms with Gasteiger partial charge in [-0.15, -0.1) is 0 Å². The third kappa shape index (κ3) is 4.65. The zero-order valence-electron chi connectivity index (χ0n) is 16.1. The van der Waals surface area contributed by atoms with Crippen LogP contribution in [0.15, 0.2) is 24.3 Å². The number of hydrogen-bond acceptors (Lipinski definition) is 6. The number of rotatable bonds is 6. The molecule has 1 atom stereocenters. The number of piperazine rings is 1. The number of nitrogens with one attached hydrogen (secondary N) is 1. The third-order valence-corrected chi connectivity index (χ3v) is 7.80. The van der Waals surface area contributed by atoms with Gasteiger partial charge in [0, 0.05) is 49.2 Å². The van der Waals surface area contributed by atoms with E-state index >= 15 is 0 Å². The maximum Gasteiger partial charge on any atom is 0.282 e. The summed E-state index contributed by atoms with van der Waals surface area (Å²) in [6.45, 7) is 0.189. The fourth-order valence-electron chi connectivity index (χ4n) is 3.79. The predicted molar refractivity (Wildman–Crippen MR) is 107 cm³/mol. The highest BCUT2D eigenvalue weighted by atomic mass is 35.5. The summed E-state index contributed by atoms with van der Waals surface area (Å²) in [4.78, 5) is 37.0. The summed E-state index contributed by atoms with van der Waals surface area (Å²) in [7, 11) is -4.02. The Hall–Kier alpha value is -2.05.